The first-order chi connectivity index (χ1) is 7.18. The van der Waals surface area contributed by atoms with Crippen LogP contribution in [0, 0.1) is 12.8 Å². The molecule has 0 unspecified atom stereocenters. The Balaban J connectivity index is 2.31. The minimum Gasteiger partial charge on any atom is -0.423 e. The zero-order valence-electron chi connectivity index (χ0n) is 9.05. The maximum Gasteiger partial charge on any atom is 0.483 e. The summed E-state index contributed by atoms with van der Waals surface area (Å²) in [7, 11) is -0.772. The summed E-state index contributed by atoms with van der Waals surface area (Å²) in [5.41, 5.74) is 2.37. The maximum absolute atomic E-state index is 9.44. The molecule has 1 aliphatic rings. The predicted molar refractivity (Wildman–Crippen MR) is 61.3 cm³/mol. The zero-order chi connectivity index (χ0) is 10.8. The SMILES string of the molecule is Cc1ccccc1[C@@H]1OB(O)C=C[C@H]1C. The van der Waals surface area contributed by atoms with Gasteiger partial charge in [0, 0.05) is 5.92 Å². The predicted octanol–water partition coefficient (Wildman–Crippen LogP) is 2.28. The summed E-state index contributed by atoms with van der Waals surface area (Å²) in [6.07, 6.45) is 1.97. The molecule has 78 valence electrons. The molecule has 0 aliphatic carbocycles. The molecule has 2 atom stereocenters. The van der Waals surface area contributed by atoms with Crippen LogP contribution in [-0.4, -0.2) is 12.1 Å². The Hall–Kier alpha value is -1.06. The monoisotopic (exact) mass is 202 g/mol. The highest BCUT2D eigenvalue weighted by atomic mass is 16.5. The Morgan fingerprint density at radius 1 is 1.33 bits per heavy atom. The normalized spacial score (nSPS) is 25.7. The van der Waals surface area contributed by atoms with E-state index in [1.54, 1.807) is 5.98 Å². The van der Waals surface area contributed by atoms with Crippen molar-refractivity contribution in [3.8, 4) is 0 Å². The van der Waals surface area contributed by atoms with Crippen LogP contribution in [0.1, 0.15) is 24.2 Å². The van der Waals surface area contributed by atoms with Gasteiger partial charge in [0.2, 0.25) is 0 Å². The average molecular weight is 202 g/mol. The molecule has 1 aromatic rings. The van der Waals surface area contributed by atoms with Crippen molar-refractivity contribution >= 4 is 7.12 Å². The quantitative estimate of drug-likeness (QED) is 0.708. The molecule has 0 saturated carbocycles. The van der Waals surface area contributed by atoms with Crippen molar-refractivity contribution in [1.29, 1.82) is 0 Å². The lowest BCUT2D eigenvalue weighted by atomic mass is 9.80. The highest BCUT2D eigenvalue weighted by Gasteiger charge is 2.27. The van der Waals surface area contributed by atoms with Gasteiger partial charge in [0.05, 0.1) is 6.10 Å². The van der Waals surface area contributed by atoms with Gasteiger partial charge in [-0.05, 0) is 18.1 Å². The minimum absolute atomic E-state index is 0.0359. The Kier molecular flexibility index (Phi) is 2.94. The van der Waals surface area contributed by atoms with Crippen LogP contribution < -0.4 is 0 Å². The third kappa shape index (κ3) is 2.14. The number of aryl methyl sites for hydroxylation is 1. The highest BCUT2D eigenvalue weighted by Crippen LogP contribution is 2.32. The van der Waals surface area contributed by atoms with Gasteiger partial charge in [-0.1, -0.05) is 43.2 Å². The summed E-state index contributed by atoms with van der Waals surface area (Å²) >= 11 is 0. The van der Waals surface area contributed by atoms with Crippen molar-refractivity contribution in [2.75, 3.05) is 0 Å². The summed E-state index contributed by atoms with van der Waals surface area (Å²) in [6, 6.07) is 8.14. The van der Waals surface area contributed by atoms with E-state index in [1.807, 2.05) is 18.2 Å². The van der Waals surface area contributed by atoms with Crippen LogP contribution in [0.3, 0.4) is 0 Å². The molecule has 0 amide bonds. The van der Waals surface area contributed by atoms with Gasteiger partial charge >= 0.3 is 7.12 Å². The summed E-state index contributed by atoms with van der Waals surface area (Å²) in [5, 5.41) is 9.44. The maximum atomic E-state index is 9.44. The molecule has 0 aromatic heterocycles. The molecular weight excluding hydrogens is 187 g/mol. The topological polar surface area (TPSA) is 29.5 Å². The molecule has 15 heavy (non-hydrogen) atoms. The standard InChI is InChI=1S/C12H15BO2/c1-9-5-3-4-6-11(9)12-10(2)7-8-13(14)15-12/h3-8,10,12,14H,1-2H3/t10-,12-/m1/s1. The number of benzene rings is 1. The molecule has 2 rings (SSSR count). The van der Waals surface area contributed by atoms with Crippen molar-refractivity contribution in [3.63, 3.8) is 0 Å². The lowest BCUT2D eigenvalue weighted by Gasteiger charge is -2.28. The largest absolute Gasteiger partial charge is 0.483 e. The highest BCUT2D eigenvalue weighted by molar-refractivity contribution is 6.49. The van der Waals surface area contributed by atoms with E-state index in [9.17, 15) is 5.02 Å². The van der Waals surface area contributed by atoms with Crippen molar-refractivity contribution in [1.82, 2.24) is 0 Å². The molecule has 1 N–H and O–H groups in total. The molecule has 0 fully saturated rings. The third-order valence-electron chi connectivity index (χ3n) is 2.84. The molecule has 0 radical (unpaired) electrons. The second kappa shape index (κ2) is 4.21. The first-order valence-electron chi connectivity index (χ1n) is 5.26. The van der Waals surface area contributed by atoms with Crippen LogP contribution >= 0.6 is 0 Å². The summed E-state index contributed by atoms with van der Waals surface area (Å²) in [5.74, 6) is 1.99. The van der Waals surface area contributed by atoms with Gasteiger partial charge in [-0.2, -0.15) is 0 Å². The summed E-state index contributed by atoms with van der Waals surface area (Å²) in [6.45, 7) is 4.16. The molecule has 0 saturated heterocycles. The van der Waals surface area contributed by atoms with Crippen molar-refractivity contribution in [3.05, 3.63) is 47.4 Å². The van der Waals surface area contributed by atoms with E-state index in [0.29, 0.717) is 5.92 Å². The average Bonchev–Trinajstić information content (AvgIpc) is 2.23. The van der Waals surface area contributed by atoms with E-state index < -0.39 is 7.12 Å². The molecule has 1 heterocycles. The number of hydrogen-bond acceptors (Lipinski definition) is 2. The molecule has 0 bridgehead atoms. The second-order valence-electron chi connectivity index (χ2n) is 4.05. The molecule has 2 nitrogen and oxygen atoms in total. The summed E-state index contributed by atoms with van der Waals surface area (Å²) < 4.78 is 5.53. The van der Waals surface area contributed by atoms with E-state index in [-0.39, 0.29) is 6.10 Å². The Morgan fingerprint density at radius 3 is 2.80 bits per heavy atom. The fraction of sp³-hybridized carbons (Fsp3) is 0.333. The summed E-state index contributed by atoms with van der Waals surface area (Å²) in [4.78, 5) is 0. The first kappa shape index (κ1) is 10.5. The van der Waals surface area contributed by atoms with E-state index in [0.717, 1.165) is 5.56 Å². The number of rotatable bonds is 1. The first-order valence-corrected chi connectivity index (χ1v) is 5.26. The van der Waals surface area contributed by atoms with E-state index in [4.69, 9.17) is 4.65 Å². The van der Waals surface area contributed by atoms with Gasteiger partial charge in [0.25, 0.3) is 0 Å². The fourth-order valence-corrected chi connectivity index (χ4v) is 1.95. The van der Waals surface area contributed by atoms with Crippen molar-refractivity contribution in [2.45, 2.75) is 20.0 Å². The van der Waals surface area contributed by atoms with Crippen LogP contribution in [-0.2, 0) is 4.65 Å². The van der Waals surface area contributed by atoms with Gasteiger partial charge in [0.1, 0.15) is 0 Å². The molecular formula is C12H15BO2. The zero-order valence-corrected chi connectivity index (χ0v) is 9.05. The van der Waals surface area contributed by atoms with Gasteiger partial charge in [0.15, 0.2) is 0 Å². The van der Waals surface area contributed by atoms with Gasteiger partial charge in [-0.25, -0.2) is 0 Å². The van der Waals surface area contributed by atoms with E-state index >= 15 is 0 Å². The van der Waals surface area contributed by atoms with Gasteiger partial charge < -0.3 is 9.68 Å². The lowest BCUT2D eigenvalue weighted by Crippen LogP contribution is -2.27. The van der Waals surface area contributed by atoms with Crippen LogP contribution in [0.25, 0.3) is 0 Å². The van der Waals surface area contributed by atoms with Crippen LogP contribution in [0.4, 0.5) is 0 Å². The van der Waals surface area contributed by atoms with E-state index in [1.165, 1.54) is 5.56 Å². The molecule has 3 heteroatoms. The number of hydrogen-bond donors (Lipinski definition) is 1. The van der Waals surface area contributed by atoms with Crippen LogP contribution in [0.5, 0.6) is 0 Å². The Morgan fingerprint density at radius 2 is 2.07 bits per heavy atom. The second-order valence-corrected chi connectivity index (χ2v) is 4.05. The van der Waals surface area contributed by atoms with Gasteiger partial charge in [-0.15, -0.1) is 0 Å². The smallest absolute Gasteiger partial charge is 0.423 e. The van der Waals surface area contributed by atoms with Crippen LogP contribution in [0.15, 0.2) is 36.3 Å². The fourth-order valence-electron chi connectivity index (χ4n) is 1.95. The van der Waals surface area contributed by atoms with Crippen molar-refractivity contribution < 1.29 is 9.68 Å². The Bertz CT molecular complexity index is 376. The lowest BCUT2D eigenvalue weighted by molar-refractivity contribution is 0.132. The Labute approximate surface area is 90.7 Å². The third-order valence-corrected chi connectivity index (χ3v) is 2.84. The molecule has 1 aromatic carbocycles. The van der Waals surface area contributed by atoms with E-state index in [2.05, 4.69) is 26.0 Å². The molecule has 1 aliphatic heterocycles. The van der Waals surface area contributed by atoms with Crippen LogP contribution in [0.2, 0.25) is 0 Å². The molecule has 0 spiro atoms. The van der Waals surface area contributed by atoms with Gasteiger partial charge in [-0.3, -0.25) is 0 Å². The minimum atomic E-state index is -0.772. The van der Waals surface area contributed by atoms with Crippen molar-refractivity contribution in [2.24, 2.45) is 5.92 Å².